The molecule has 2 rings (SSSR count). The van der Waals surface area contributed by atoms with E-state index in [1.165, 1.54) is 12.8 Å². The van der Waals surface area contributed by atoms with Crippen molar-refractivity contribution in [1.82, 2.24) is 15.5 Å². The van der Waals surface area contributed by atoms with Gasteiger partial charge in [0.25, 0.3) is 5.91 Å². The highest BCUT2D eigenvalue weighted by molar-refractivity contribution is 7.98. The first-order valence-electron chi connectivity index (χ1n) is 9.55. The van der Waals surface area contributed by atoms with Gasteiger partial charge in [0.15, 0.2) is 0 Å². The predicted octanol–water partition coefficient (Wildman–Crippen LogP) is 3.04. The van der Waals surface area contributed by atoms with E-state index in [9.17, 15) is 9.59 Å². The van der Waals surface area contributed by atoms with Gasteiger partial charge in [0, 0.05) is 13.1 Å². The first-order valence-corrected chi connectivity index (χ1v) is 11.3. The van der Waals surface area contributed by atoms with Gasteiger partial charge in [-0.1, -0.05) is 30.7 Å². The summed E-state index contributed by atoms with van der Waals surface area (Å²) in [6.45, 7) is 6.08. The fourth-order valence-corrected chi connectivity index (χ4v) is 3.95. The number of likely N-dealkylation sites (tertiary alicyclic amines) is 1. The Morgan fingerprint density at radius 2 is 1.96 bits per heavy atom. The molecule has 2 atom stereocenters. The van der Waals surface area contributed by atoms with Crippen LogP contribution in [0, 0.1) is 5.92 Å². The van der Waals surface area contributed by atoms with Gasteiger partial charge in [-0.05, 0) is 62.4 Å². The maximum atomic E-state index is 12.7. The summed E-state index contributed by atoms with van der Waals surface area (Å²) in [5, 5.41) is 6.25. The van der Waals surface area contributed by atoms with Crippen molar-refractivity contribution in [3.8, 4) is 0 Å². The second-order valence-corrected chi connectivity index (χ2v) is 8.54. The molecule has 0 spiro atoms. The fraction of sp³-hybridized carbons (Fsp3) is 0.600. The van der Waals surface area contributed by atoms with Gasteiger partial charge in [-0.3, -0.25) is 9.59 Å². The topological polar surface area (TPSA) is 61.4 Å². The molecule has 1 aliphatic rings. The Morgan fingerprint density at radius 1 is 1.26 bits per heavy atom. The molecule has 27 heavy (non-hydrogen) atoms. The second-order valence-electron chi connectivity index (χ2n) is 7.15. The van der Waals surface area contributed by atoms with Crippen LogP contribution in [0.1, 0.15) is 36.5 Å². The molecule has 2 unspecified atom stereocenters. The van der Waals surface area contributed by atoms with Gasteiger partial charge in [0.2, 0.25) is 5.91 Å². The van der Waals surface area contributed by atoms with Gasteiger partial charge in [-0.25, -0.2) is 0 Å². The average molecular weight is 412 g/mol. The number of carbonyl (C=O) groups is 2. The van der Waals surface area contributed by atoms with Crippen molar-refractivity contribution in [3.63, 3.8) is 0 Å². The van der Waals surface area contributed by atoms with E-state index in [1.54, 1.807) is 36.0 Å². The van der Waals surface area contributed by atoms with Crippen molar-refractivity contribution in [2.75, 3.05) is 38.2 Å². The van der Waals surface area contributed by atoms with Gasteiger partial charge in [-0.15, -0.1) is 0 Å². The van der Waals surface area contributed by atoms with Gasteiger partial charge in [-0.2, -0.15) is 11.8 Å². The van der Waals surface area contributed by atoms with Crippen molar-refractivity contribution >= 4 is 35.2 Å². The number of halogens is 1. The molecule has 1 aromatic rings. The largest absolute Gasteiger partial charge is 0.354 e. The lowest BCUT2D eigenvalue weighted by Crippen LogP contribution is -2.48. The molecule has 0 aromatic heterocycles. The predicted molar refractivity (Wildman–Crippen MR) is 114 cm³/mol. The monoisotopic (exact) mass is 411 g/mol. The molecule has 1 aliphatic heterocycles. The fourth-order valence-electron chi connectivity index (χ4n) is 3.25. The van der Waals surface area contributed by atoms with E-state index in [1.807, 2.05) is 6.26 Å². The zero-order chi connectivity index (χ0) is 19.6. The summed E-state index contributed by atoms with van der Waals surface area (Å²) in [4.78, 5) is 27.6. The Labute approximate surface area is 171 Å². The minimum Gasteiger partial charge on any atom is -0.354 e. The Hall–Kier alpha value is -1.24. The highest BCUT2D eigenvalue weighted by Gasteiger charge is 2.23. The number of thioether (sulfide) groups is 1. The van der Waals surface area contributed by atoms with E-state index >= 15 is 0 Å². The maximum absolute atomic E-state index is 12.7. The van der Waals surface area contributed by atoms with Crippen molar-refractivity contribution in [1.29, 1.82) is 0 Å². The molecule has 1 fully saturated rings. The lowest BCUT2D eigenvalue weighted by molar-refractivity contribution is -0.123. The summed E-state index contributed by atoms with van der Waals surface area (Å²) in [7, 11) is 0. The van der Waals surface area contributed by atoms with Crippen LogP contribution in [0.5, 0.6) is 0 Å². The molecule has 0 aliphatic carbocycles. The average Bonchev–Trinajstić information content (AvgIpc) is 3.16. The van der Waals surface area contributed by atoms with Crippen LogP contribution in [0.4, 0.5) is 0 Å². The quantitative estimate of drug-likeness (QED) is 0.621. The van der Waals surface area contributed by atoms with Crippen molar-refractivity contribution in [3.05, 3.63) is 34.9 Å². The van der Waals surface area contributed by atoms with E-state index in [0.29, 0.717) is 29.5 Å². The SMILES string of the molecule is CSCCC(NC(=O)c1ccccc1Cl)C(=O)NCC(C)CN1CCCC1. The molecule has 1 saturated heterocycles. The number of amides is 2. The van der Waals surface area contributed by atoms with Gasteiger partial charge in [0.1, 0.15) is 6.04 Å². The van der Waals surface area contributed by atoms with Crippen LogP contribution in [0.2, 0.25) is 5.02 Å². The smallest absolute Gasteiger partial charge is 0.253 e. The normalized spacial score (nSPS) is 16.7. The molecular weight excluding hydrogens is 382 g/mol. The molecule has 1 heterocycles. The molecule has 0 saturated carbocycles. The molecule has 1 aromatic carbocycles. The lowest BCUT2D eigenvalue weighted by Gasteiger charge is -2.23. The summed E-state index contributed by atoms with van der Waals surface area (Å²) in [5.74, 6) is 0.738. The van der Waals surface area contributed by atoms with E-state index in [-0.39, 0.29) is 11.8 Å². The zero-order valence-electron chi connectivity index (χ0n) is 16.2. The Bertz CT molecular complexity index is 623. The van der Waals surface area contributed by atoms with Crippen LogP contribution in [-0.4, -0.2) is 60.9 Å². The highest BCUT2D eigenvalue weighted by atomic mass is 35.5. The number of hydrogen-bond donors (Lipinski definition) is 2. The van der Waals surface area contributed by atoms with Crippen LogP contribution >= 0.6 is 23.4 Å². The Balaban J connectivity index is 1.88. The number of carbonyl (C=O) groups excluding carboxylic acids is 2. The van der Waals surface area contributed by atoms with Crippen LogP contribution in [0.15, 0.2) is 24.3 Å². The third kappa shape index (κ3) is 7.35. The minimum atomic E-state index is -0.555. The molecule has 2 amide bonds. The van der Waals surface area contributed by atoms with Crippen molar-refractivity contribution in [2.45, 2.75) is 32.2 Å². The van der Waals surface area contributed by atoms with Gasteiger partial charge in [0.05, 0.1) is 10.6 Å². The number of hydrogen-bond acceptors (Lipinski definition) is 4. The van der Waals surface area contributed by atoms with Crippen molar-refractivity contribution in [2.24, 2.45) is 5.92 Å². The van der Waals surface area contributed by atoms with Crippen LogP contribution in [0.3, 0.4) is 0 Å². The molecular formula is C20H30ClN3O2S. The molecule has 2 N–H and O–H groups in total. The highest BCUT2D eigenvalue weighted by Crippen LogP contribution is 2.15. The summed E-state index contributed by atoms with van der Waals surface area (Å²) in [6, 6.07) is 6.32. The number of nitrogens with zero attached hydrogens (tertiary/aromatic N) is 1. The summed E-state index contributed by atoms with van der Waals surface area (Å²) in [5.41, 5.74) is 0.392. The third-order valence-corrected chi connectivity index (χ3v) is 5.72. The standard InChI is InChI=1S/C20H30ClN3O2S/c1-15(14-24-10-5-6-11-24)13-22-20(26)18(9-12-27-2)23-19(25)16-7-3-4-8-17(16)21/h3-4,7-8,15,18H,5-6,9-14H2,1-2H3,(H,22,26)(H,23,25). The Morgan fingerprint density at radius 3 is 2.63 bits per heavy atom. The zero-order valence-corrected chi connectivity index (χ0v) is 17.7. The van der Waals surface area contributed by atoms with E-state index < -0.39 is 6.04 Å². The minimum absolute atomic E-state index is 0.127. The van der Waals surface area contributed by atoms with Crippen molar-refractivity contribution < 1.29 is 9.59 Å². The third-order valence-electron chi connectivity index (χ3n) is 4.74. The van der Waals surface area contributed by atoms with Crippen LogP contribution < -0.4 is 10.6 Å². The maximum Gasteiger partial charge on any atom is 0.253 e. The molecule has 150 valence electrons. The summed E-state index contributed by atoms with van der Waals surface area (Å²) >= 11 is 7.76. The lowest BCUT2D eigenvalue weighted by atomic mass is 10.1. The number of nitrogens with one attached hydrogen (secondary N) is 2. The Kier molecular flexibility index (Phi) is 9.45. The molecule has 7 heteroatoms. The second kappa shape index (κ2) is 11.6. The van der Waals surface area contributed by atoms with Gasteiger partial charge < -0.3 is 15.5 Å². The number of benzene rings is 1. The summed E-state index contributed by atoms with van der Waals surface area (Å²) < 4.78 is 0. The van der Waals surface area contributed by atoms with Gasteiger partial charge >= 0.3 is 0 Å². The number of rotatable bonds is 10. The molecule has 5 nitrogen and oxygen atoms in total. The molecule has 0 bridgehead atoms. The first-order chi connectivity index (χ1) is 13.0. The van der Waals surface area contributed by atoms with E-state index in [4.69, 9.17) is 11.6 Å². The van der Waals surface area contributed by atoms with E-state index in [2.05, 4.69) is 22.5 Å². The molecule has 0 radical (unpaired) electrons. The van der Waals surface area contributed by atoms with Crippen LogP contribution in [-0.2, 0) is 4.79 Å². The summed E-state index contributed by atoms with van der Waals surface area (Å²) in [6.07, 6.45) is 5.11. The van der Waals surface area contributed by atoms with E-state index in [0.717, 1.165) is 25.4 Å². The van der Waals surface area contributed by atoms with Crippen LogP contribution in [0.25, 0.3) is 0 Å². The first kappa shape index (κ1) is 22.1.